The van der Waals surface area contributed by atoms with E-state index < -0.39 is 5.60 Å². The van der Waals surface area contributed by atoms with Gasteiger partial charge in [0.2, 0.25) is 0 Å². The highest BCUT2D eigenvalue weighted by molar-refractivity contribution is 5.94. The Hall–Kier alpha value is -1.39. The summed E-state index contributed by atoms with van der Waals surface area (Å²) < 4.78 is 0. The van der Waals surface area contributed by atoms with Crippen molar-refractivity contribution in [3.8, 4) is 0 Å². The van der Waals surface area contributed by atoms with Gasteiger partial charge in [0.1, 0.15) is 0 Å². The second-order valence-electron chi connectivity index (χ2n) is 7.95. The van der Waals surface area contributed by atoms with E-state index in [9.17, 15) is 9.90 Å². The molecule has 3 rings (SSSR count). The molecular weight excluding hydrogens is 300 g/mol. The highest BCUT2D eigenvalue weighted by atomic mass is 16.3. The normalized spacial score (nSPS) is 22.3. The van der Waals surface area contributed by atoms with Gasteiger partial charge >= 0.3 is 0 Å². The highest BCUT2D eigenvalue weighted by Gasteiger charge is 2.31. The lowest BCUT2D eigenvalue weighted by Crippen LogP contribution is -2.56. The number of hydrogen-bond donors (Lipinski definition) is 1. The first-order valence-corrected chi connectivity index (χ1v) is 9.27. The first-order chi connectivity index (χ1) is 11.4. The number of carbonyl (C=O) groups excluding carboxylic acids is 1. The lowest BCUT2D eigenvalue weighted by atomic mass is 9.97. The molecule has 0 bridgehead atoms. The predicted octanol–water partition coefficient (Wildman–Crippen LogP) is 2.70. The molecule has 4 nitrogen and oxygen atoms in total. The predicted molar refractivity (Wildman–Crippen MR) is 96.2 cm³/mol. The smallest absolute Gasteiger partial charge is 0.253 e. The van der Waals surface area contributed by atoms with Crippen LogP contribution in [0, 0.1) is 0 Å². The van der Waals surface area contributed by atoms with E-state index in [1.54, 1.807) is 0 Å². The monoisotopic (exact) mass is 330 g/mol. The van der Waals surface area contributed by atoms with Crippen molar-refractivity contribution >= 4 is 5.91 Å². The molecule has 1 amide bonds. The second-order valence-corrected chi connectivity index (χ2v) is 7.95. The fourth-order valence-electron chi connectivity index (χ4n) is 3.79. The van der Waals surface area contributed by atoms with Crippen LogP contribution in [0.25, 0.3) is 0 Å². The molecule has 2 saturated heterocycles. The number of piperidine rings is 1. The van der Waals surface area contributed by atoms with Crippen molar-refractivity contribution in [2.75, 3.05) is 26.2 Å². The zero-order valence-corrected chi connectivity index (χ0v) is 15.0. The summed E-state index contributed by atoms with van der Waals surface area (Å²) in [5.74, 6) is 0.161. The number of hydrogen-bond acceptors (Lipinski definition) is 3. The Morgan fingerprint density at radius 3 is 2.62 bits per heavy atom. The lowest BCUT2D eigenvalue weighted by Gasteiger charge is -2.44. The van der Waals surface area contributed by atoms with Crippen molar-refractivity contribution in [1.82, 2.24) is 9.80 Å². The molecule has 24 heavy (non-hydrogen) atoms. The van der Waals surface area contributed by atoms with Crippen molar-refractivity contribution in [2.45, 2.75) is 57.6 Å². The summed E-state index contributed by atoms with van der Waals surface area (Å²) in [6, 6.07) is 8.48. The third-order valence-electron chi connectivity index (χ3n) is 5.35. The molecule has 2 aliphatic heterocycles. The Morgan fingerprint density at radius 2 is 1.92 bits per heavy atom. The molecule has 1 N–H and O–H groups in total. The number of aliphatic hydroxyl groups is 1. The Morgan fingerprint density at radius 1 is 1.17 bits per heavy atom. The maximum Gasteiger partial charge on any atom is 0.253 e. The SMILES string of the molecule is CC(C)(O)CCc1ccc(C(=O)N2CCN3CCCC[C@H]3C2)cc1. The van der Waals surface area contributed by atoms with E-state index in [-0.39, 0.29) is 5.91 Å². The van der Waals surface area contributed by atoms with Gasteiger partial charge in [-0.2, -0.15) is 0 Å². The number of piperazine rings is 1. The molecule has 1 atom stereocenters. The van der Waals surface area contributed by atoms with Gasteiger partial charge in [0.15, 0.2) is 0 Å². The third kappa shape index (κ3) is 4.37. The topological polar surface area (TPSA) is 43.8 Å². The molecular formula is C20H30N2O2. The molecule has 1 aromatic carbocycles. The van der Waals surface area contributed by atoms with Crippen LogP contribution < -0.4 is 0 Å². The van der Waals surface area contributed by atoms with Crippen molar-refractivity contribution in [3.05, 3.63) is 35.4 Å². The van der Waals surface area contributed by atoms with Crippen LogP contribution in [0.3, 0.4) is 0 Å². The fraction of sp³-hybridized carbons (Fsp3) is 0.650. The summed E-state index contributed by atoms with van der Waals surface area (Å²) in [5, 5.41) is 9.82. The quantitative estimate of drug-likeness (QED) is 0.923. The minimum Gasteiger partial charge on any atom is -0.390 e. The minimum absolute atomic E-state index is 0.161. The molecule has 0 saturated carbocycles. The van der Waals surface area contributed by atoms with Gasteiger partial charge in [0.05, 0.1) is 5.60 Å². The lowest BCUT2D eigenvalue weighted by molar-refractivity contribution is 0.0372. The number of nitrogens with zero attached hydrogens (tertiary/aromatic N) is 2. The van der Waals surface area contributed by atoms with Crippen molar-refractivity contribution < 1.29 is 9.90 Å². The van der Waals surface area contributed by atoms with Crippen LogP contribution in [0.5, 0.6) is 0 Å². The zero-order valence-electron chi connectivity index (χ0n) is 15.0. The van der Waals surface area contributed by atoms with Crippen molar-refractivity contribution in [3.63, 3.8) is 0 Å². The molecule has 2 aliphatic rings. The molecule has 4 heteroatoms. The van der Waals surface area contributed by atoms with Crippen LogP contribution in [-0.4, -0.2) is 58.6 Å². The summed E-state index contributed by atoms with van der Waals surface area (Å²) >= 11 is 0. The van der Waals surface area contributed by atoms with Crippen LogP contribution in [0.2, 0.25) is 0 Å². The van der Waals surface area contributed by atoms with E-state index in [0.29, 0.717) is 6.04 Å². The number of carbonyl (C=O) groups is 1. The van der Waals surface area contributed by atoms with Crippen molar-refractivity contribution in [2.24, 2.45) is 0 Å². The van der Waals surface area contributed by atoms with Crippen LogP contribution in [0.4, 0.5) is 0 Å². The van der Waals surface area contributed by atoms with Gasteiger partial charge in [-0.25, -0.2) is 0 Å². The van der Waals surface area contributed by atoms with E-state index in [1.165, 1.54) is 31.4 Å². The van der Waals surface area contributed by atoms with Gasteiger partial charge in [-0.1, -0.05) is 18.6 Å². The number of fused-ring (bicyclic) bond motifs is 1. The zero-order chi connectivity index (χ0) is 17.2. The van der Waals surface area contributed by atoms with E-state index in [2.05, 4.69) is 4.90 Å². The molecule has 0 radical (unpaired) electrons. The molecule has 2 fully saturated rings. The summed E-state index contributed by atoms with van der Waals surface area (Å²) in [4.78, 5) is 17.3. The summed E-state index contributed by atoms with van der Waals surface area (Å²) in [5.41, 5.74) is 1.31. The molecule has 0 aromatic heterocycles. The molecule has 0 aliphatic carbocycles. The molecule has 0 spiro atoms. The van der Waals surface area contributed by atoms with Gasteiger partial charge in [0.25, 0.3) is 5.91 Å². The van der Waals surface area contributed by atoms with Gasteiger partial charge in [0, 0.05) is 31.2 Å². The van der Waals surface area contributed by atoms with Crippen LogP contribution >= 0.6 is 0 Å². The molecule has 1 aromatic rings. The van der Waals surface area contributed by atoms with E-state index in [1.807, 2.05) is 43.0 Å². The average molecular weight is 330 g/mol. The number of rotatable bonds is 4. The summed E-state index contributed by atoms with van der Waals surface area (Å²) in [6.45, 7) is 7.59. The largest absolute Gasteiger partial charge is 0.390 e. The maximum atomic E-state index is 12.8. The standard InChI is InChI=1S/C20H30N2O2/c1-20(2,24)11-10-16-6-8-17(9-7-16)19(23)22-14-13-21-12-4-3-5-18(21)15-22/h6-9,18,24H,3-5,10-15H2,1-2H3/t18-/m0/s1. The van der Waals surface area contributed by atoms with Crippen LogP contribution in [-0.2, 0) is 6.42 Å². The fourth-order valence-corrected chi connectivity index (χ4v) is 3.79. The van der Waals surface area contributed by atoms with Gasteiger partial charge in [-0.3, -0.25) is 9.69 Å². The first-order valence-electron chi connectivity index (χ1n) is 9.27. The maximum absolute atomic E-state index is 12.8. The summed E-state index contributed by atoms with van der Waals surface area (Å²) in [6.07, 6.45) is 5.37. The first kappa shape index (κ1) is 17.4. The highest BCUT2D eigenvalue weighted by Crippen LogP contribution is 2.22. The number of amides is 1. The van der Waals surface area contributed by atoms with Gasteiger partial charge in [-0.15, -0.1) is 0 Å². The minimum atomic E-state index is -0.645. The Balaban J connectivity index is 1.58. The third-order valence-corrected chi connectivity index (χ3v) is 5.35. The van der Waals surface area contributed by atoms with Gasteiger partial charge in [-0.05, 0) is 63.8 Å². The number of aryl methyl sites for hydroxylation is 1. The average Bonchev–Trinajstić information content (AvgIpc) is 2.59. The molecule has 0 unspecified atom stereocenters. The van der Waals surface area contributed by atoms with Crippen LogP contribution in [0.15, 0.2) is 24.3 Å². The number of benzene rings is 1. The summed E-state index contributed by atoms with van der Waals surface area (Å²) in [7, 11) is 0. The Labute approximate surface area is 145 Å². The van der Waals surface area contributed by atoms with Gasteiger partial charge < -0.3 is 10.0 Å². The molecule has 132 valence electrons. The molecule has 2 heterocycles. The van der Waals surface area contributed by atoms with E-state index >= 15 is 0 Å². The van der Waals surface area contributed by atoms with Crippen LogP contribution in [0.1, 0.15) is 55.5 Å². The van der Waals surface area contributed by atoms with E-state index in [0.717, 1.165) is 38.0 Å². The van der Waals surface area contributed by atoms with E-state index in [4.69, 9.17) is 0 Å². The Bertz CT molecular complexity index is 562. The Kier molecular flexibility index (Phi) is 5.26. The van der Waals surface area contributed by atoms with Crippen molar-refractivity contribution in [1.29, 1.82) is 0 Å². The second kappa shape index (κ2) is 7.24.